The second-order valence-corrected chi connectivity index (χ2v) is 8.23. The van der Waals surface area contributed by atoms with Crippen LogP contribution in [0.2, 0.25) is 0 Å². The van der Waals surface area contributed by atoms with Crippen LogP contribution in [0, 0.1) is 0 Å². The fourth-order valence-corrected chi connectivity index (χ4v) is 3.78. The molecule has 4 heterocycles. The van der Waals surface area contributed by atoms with E-state index in [0.29, 0.717) is 24.5 Å². The highest BCUT2D eigenvalue weighted by molar-refractivity contribution is 5.98. The molecule has 1 amide bonds. The van der Waals surface area contributed by atoms with Crippen molar-refractivity contribution in [2.75, 3.05) is 18.0 Å². The Balaban J connectivity index is 1.80. The first-order chi connectivity index (χ1) is 15.6. The van der Waals surface area contributed by atoms with Gasteiger partial charge in [0.25, 0.3) is 5.91 Å². The van der Waals surface area contributed by atoms with Gasteiger partial charge < -0.3 is 16.4 Å². The third-order valence-electron chi connectivity index (χ3n) is 5.62. The molecule has 1 saturated heterocycles. The topological polar surface area (TPSA) is 124 Å². The molecule has 0 atom stereocenters. The SMILES string of the molecule is CC1(N)CCN(c2cccnc2-c2ncc(-c3ncccc3C(F)(F)F)nc2C(N)=O)CC1. The van der Waals surface area contributed by atoms with Crippen LogP contribution in [0.5, 0.6) is 0 Å². The van der Waals surface area contributed by atoms with Crippen molar-refractivity contribution in [3.8, 4) is 22.8 Å². The van der Waals surface area contributed by atoms with Crippen molar-refractivity contribution in [1.29, 1.82) is 0 Å². The summed E-state index contributed by atoms with van der Waals surface area (Å²) in [6, 6.07) is 5.65. The summed E-state index contributed by atoms with van der Waals surface area (Å²) in [7, 11) is 0. The minimum Gasteiger partial charge on any atom is -0.370 e. The largest absolute Gasteiger partial charge is 0.418 e. The molecule has 4 N–H and O–H groups in total. The molecular formula is C22H22F3N7O. The van der Waals surface area contributed by atoms with Crippen molar-refractivity contribution in [2.24, 2.45) is 11.5 Å². The van der Waals surface area contributed by atoms with Gasteiger partial charge in [-0.05, 0) is 44.0 Å². The van der Waals surface area contributed by atoms with Gasteiger partial charge in [0.1, 0.15) is 22.8 Å². The van der Waals surface area contributed by atoms with Crippen molar-refractivity contribution in [2.45, 2.75) is 31.5 Å². The van der Waals surface area contributed by atoms with E-state index in [2.05, 4.69) is 24.8 Å². The van der Waals surface area contributed by atoms with Gasteiger partial charge in [-0.3, -0.25) is 14.8 Å². The first-order valence-corrected chi connectivity index (χ1v) is 10.3. The zero-order chi connectivity index (χ0) is 23.8. The van der Waals surface area contributed by atoms with Crippen LogP contribution in [0.15, 0.2) is 42.9 Å². The molecule has 0 saturated carbocycles. The monoisotopic (exact) mass is 457 g/mol. The van der Waals surface area contributed by atoms with Crippen molar-refractivity contribution in [3.63, 3.8) is 0 Å². The normalized spacial score (nSPS) is 16.0. The molecule has 1 fully saturated rings. The van der Waals surface area contributed by atoms with Crippen molar-refractivity contribution in [3.05, 3.63) is 54.1 Å². The number of carbonyl (C=O) groups excluding carboxylic acids is 1. The third kappa shape index (κ3) is 4.63. The standard InChI is InChI=1S/C22H22F3N7O/c1-21(27)6-10-32(11-7-21)15-5-3-9-29-17(15)18-19(20(26)33)31-14(12-30-18)16-13(22(23,24)25)4-2-8-28-16/h2-5,8-9,12H,6-7,10-11,27H2,1H3,(H2,26,33). The van der Waals surface area contributed by atoms with E-state index in [1.165, 1.54) is 18.5 Å². The Bertz CT molecular complexity index is 1190. The van der Waals surface area contributed by atoms with Gasteiger partial charge in [0.15, 0.2) is 5.69 Å². The molecule has 0 bridgehead atoms. The lowest BCUT2D eigenvalue weighted by atomic mass is 9.90. The van der Waals surface area contributed by atoms with Crippen LogP contribution in [0.3, 0.4) is 0 Å². The lowest BCUT2D eigenvalue weighted by molar-refractivity contribution is -0.137. The Morgan fingerprint density at radius 3 is 2.30 bits per heavy atom. The first-order valence-electron chi connectivity index (χ1n) is 10.3. The molecule has 11 heteroatoms. The number of rotatable bonds is 4. The van der Waals surface area contributed by atoms with Crippen LogP contribution in [0.25, 0.3) is 22.8 Å². The van der Waals surface area contributed by atoms with E-state index < -0.39 is 23.3 Å². The van der Waals surface area contributed by atoms with Crippen molar-refractivity contribution >= 4 is 11.6 Å². The number of anilines is 1. The maximum atomic E-state index is 13.4. The maximum absolute atomic E-state index is 13.4. The summed E-state index contributed by atoms with van der Waals surface area (Å²) in [6.07, 6.45) is 0.754. The molecule has 0 aromatic carbocycles. The molecule has 0 spiro atoms. The Kier molecular flexibility index (Phi) is 5.75. The summed E-state index contributed by atoms with van der Waals surface area (Å²) >= 11 is 0. The van der Waals surface area contributed by atoms with Crippen LogP contribution < -0.4 is 16.4 Å². The second-order valence-electron chi connectivity index (χ2n) is 8.23. The minimum atomic E-state index is -4.66. The molecular weight excluding hydrogens is 435 g/mol. The summed E-state index contributed by atoms with van der Waals surface area (Å²) in [5.74, 6) is -0.936. The number of halogens is 3. The summed E-state index contributed by atoms with van der Waals surface area (Å²) in [4.78, 5) is 30.9. The van der Waals surface area contributed by atoms with Crippen LogP contribution in [-0.4, -0.2) is 44.5 Å². The minimum absolute atomic E-state index is 0.0902. The van der Waals surface area contributed by atoms with Crippen molar-refractivity contribution < 1.29 is 18.0 Å². The van der Waals surface area contributed by atoms with Gasteiger partial charge >= 0.3 is 6.18 Å². The average Bonchev–Trinajstić information content (AvgIpc) is 2.78. The lowest BCUT2D eigenvalue weighted by Gasteiger charge is -2.38. The van der Waals surface area contributed by atoms with E-state index >= 15 is 0 Å². The zero-order valence-electron chi connectivity index (χ0n) is 17.8. The number of aromatic nitrogens is 4. The number of nitrogens with zero attached hydrogens (tertiary/aromatic N) is 5. The molecule has 3 aromatic heterocycles. The molecule has 1 aliphatic heterocycles. The quantitative estimate of drug-likeness (QED) is 0.617. The van der Waals surface area contributed by atoms with E-state index in [4.69, 9.17) is 11.5 Å². The average molecular weight is 457 g/mol. The Hall–Kier alpha value is -3.60. The number of piperidine rings is 1. The molecule has 172 valence electrons. The third-order valence-corrected chi connectivity index (χ3v) is 5.62. The second kappa shape index (κ2) is 8.39. The number of hydrogen-bond acceptors (Lipinski definition) is 7. The highest BCUT2D eigenvalue weighted by Crippen LogP contribution is 2.36. The number of hydrogen-bond donors (Lipinski definition) is 2. The van der Waals surface area contributed by atoms with Crippen LogP contribution >= 0.6 is 0 Å². The van der Waals surface area contributed by atoms with Gasteiger partial charge in [-0.2, -0.15) is 13.2 Å². The number of nitrogens with two attached hydrogens (primary N) is 2. The molecule has 8 nitrogen and oxygen atoms in total. The molecule has 1 aliphatic rings. The van der Waals surface area contributed by atoms with E-state index in [-0.39, 0.29) is 22.6 Å². The Morgan fingerprint density at radius 2 is 1.67 bits per heavy atom. The van der Waals surface area contributed by atoms with Gasteiger partial charge in [0.2, 0.25) is 0 Å². The molecule has 4 rings (SSSR count). The van der Waals surface area contributed by atoms with Crippen LogP contribution in [-0.2, 0) is 6.18 Å². The predicted octanol–water partition coefficient (Wildman–Crippen LogP) is 3.04. The lowest BCUT2D eigenvalue weighted by Crippen LogP contribution is -2.48. The number of alkyl halides is 3. The molecule has 33 heavy (non-hydrogen) atoms. The van der Waals surface area contributed by atoms with E-state index in [9.17, 15) is 18.0 Å². The molecule has 3 aromatic rings. The fraction of sp³-hybridized carbons (Fsp3) is 0.318. The number of pyridine rings is 2. The summed E-state index contributed by atoms with van der Waals surface area (Å²) in [5.41, 5.74) is 10.8. The number of carbonyl (C=O) groups is 1. The van der Waals surface area contributed by atoms with Gasteiger partial charge in [-0.1, -0.05) is 0 Å². The zero-order valence-corrected chi connectivity index (χ0v) is 17.8. The Labute approximate surface area is 187 Å². The van der Waals surface area contributed by atoms with E-state index in [1.807, 2.05) is 13.0 Å². The van der Waals surface area contributed by atoms with E-state index in [0.717, 1.165) is 25.1 Å². The highest BCUT2D eigenvalue weighted by atomic mass is 19.4. The van der Waals surface area contributed by atoms with Gasteiger partial charge in [0, 0.05) is 31.0 Å². The van der Waals surface area contributed by atoms with Crippen LogP contribution in [0.1, 0.15) is 35.8 Å². The Morgan fingerprint density at radius 1 is 1.03 bits per heavy atom. The van der Waals surface area contributed by atoms with E-state index in [1.54, 1.807) is 6.07 Å². The fourth-order valence-electron chi connectivity index (χ4n) is 3.78. The van der Waals surface area contributed by atoms with Gasteiger partial charge in [0.05, 0.1) is 17.4 Å². The van der Waals surface area contributed by atoms with Gasteiger partial charge in [-0.25, -0.2) is 9.97 Å². The smallest absolute Gasteiger partial charge is 0.370 e. The molecule has 0 unspecified atom stereocenters. The van der Waals surface area contributed by atoms with Crippen molar-refractivity contribution in [1.82, 2.24) is 19.9 Å². The number of amides is 1. The first kappa shape index (κ1) is 22.6. The highest BCUT2D eigenvalue weighted by Gasteiger charge is 2.35. The maximum Gasteiger partial charge on any atom is 0.418 e. The molecule has 0 aliphatic carbocycles. The summed E-state index contributed by atoms with van der Waals surface area (Å²) in [6.45, 7) is 3.34. The van der Waals surface area contributed by atoms with Crippen LogP contribution in [0.4, 0.5) is 18.9 Å². The summed E-state index contributed by atoms with van der Waals surface area (Å²) < 4.78 is 40.3. The number of primary amides is 1. The summed E-state index contributed by atoms with van der Waals surface area (Å²) in [5, 5.41) is 0. The van der Waals surface area contributed by atoms with Gasteiger partial charge in [-0.15, -0.1) is 0 Å². The predicted molar refractivity (Wildman–Crippen MR) is 116 cm³/mol. The molecule has 0 radical (unpaired) electrons.